The van der Waals surface area contributed by atoms with Gasteiger partial charge in [0.1, 0.15) is 11.6 Å². The average Bonchev–Trinajstić information content (AvgIpc) is 2.17. The highest BCUT2D eigenvalue weighted by Crippen LogP contribution is 2.14. The highest BCUT2D eigenvalue weighted by atomic mass is 19.1. The molecule has 1 aromatic rings. The number of rotatable bonds is 2. The summed E-state index contributed by atoms with van der Waals surface area (Å²) in [6.07, 6.45) is 1.32. The molecule has 0 radical (unpaired) electrons. The number of halogens is 1. The minimum Gasteiger partial charge on any atom is -0.383 e. The first-order valence-electron chi connectivity index (χ1n) is 4.61. The fraction of sp³-hybridized carbons (Fsp3) is 0.444. The minimum atomic E-state index is -0.901. The molecule has 0 unspecified atom stereocenters. The lowest BCUT2D eigenvalue weighted by molar-refractivity contribution is 0.542. The van der Waals surface area contributed by atoms with Gasteiger partial charge in [-0.2, -0.15) is 14.4 Å². The van der Waals surface area contributed by atoms with Crippen LogP contribution in [0.2, 0.25) is 0 Å². The van der Waals surface area contributed by atoms with Crippen LogP contribution in [0.4, 0.5) is 16.0 Å². The lowest BCUT2D eigenvalue weighted by Gasteiger charge is -2.04. The lowest BCUT2D eigenvalue weighted by Crippen LogP contribution is -2.07. The van der Waals surface area contributed by atoms with Crippen LogP contribution in [0.25, 0.3) is 0 Å². The Labute approximate surface area is 88.4 Å². The van der Waals surface area contributed by atoms with Crippen LogP contribution in [0.1, 0.15) is 25.8 Å². The summed E-state index contributed by atoms with van der Waals surface area (Å²) in [6, 6.07) is 0. The van der Waals surface area contributed by atoms with Crippen molar-refractivity contribution in [3.63, 3.8) is 0 Å². The maximum atomic E-state index is 12.5. The maximum Gasteiger partial charge on any atom is 0.312 e. The van der Waals surface area contributed by atoms with Crippen molar-refractivity contribution < 1.29 is 4.39 Å². The van der Waals surface area contributed by atoms with E-state index in [1.54, 1.807) is 7.05 Å². The standard InChI is InChI=1S/C6H8FN5.C3H8/c1-10-5-3(2-8)4(9)11-6(7)12-5;1-3-2/h2,8H,1H3,(H3,9,10,11,12);3H2,1-2H3. The largest absolute Gasteiger partial charge is 0.383 e. The molecule has 6 heteroatoms. The molecule has 4 N–H and O–H groups in total. The number of hydrogen-bond donors (Lipinski definition) is 3. The summed E-state index contributed by atoms with van der Waals surface area (Å²) >= 11 is 0. The Morgan fingerprint density at radius 2 is 2.00 bits per heavy atom. The molecule has 0 saturated heterocycles. The molecule has 15 heavy (non-hydrogen) atoms. The van der Waals surface area contributed by atoms with Crippen molar-refractivity contribution in [2.24, 2.45) is 0 Å². The number of aromatic nitrogens is 2. The summed E-state index contributed by atoms with van der Waals surface area (Å²) in [5.74, 6) is 0.178. The van der Waals surface area contributed by atoms with Gasteiger partial charge in [-0.25, -0.2) is 0 Å². The molecular formula is C9H16FN5. The topological polar surface area (TPSA) is 87.7 Å². The first-order valence-corrected chi connectivity index (χ1v) is 4.61. The van der Waals surface area contributed by atoms with Crippen LogP contribution in [-0.4, -0.2) is 23.2 Å². The SMILES string of the molecule is CCC.CNc1nc(F)nc(N)c1C=N. The number of nitrogens with zero attached hydrogens (tertiary/aromatic N) is 2. The summed E-state index contributed by atoms with van der Waals surface area (Å²) in [5, 5.41) is 9.56. The number of nitrogen functional groups attached to an aromatic ring is 1. The van der Waals surface area contributed by atoms with E-state index in [0.717, 1.165) is 6.21 Å². The quantitative estimate of drug-likeness (QED) is 0.515. The van der Waals surface area contributed by atoms with Crippen LogP contribution in [0.3, 0.4) is 0 Å². The molecule has 0 aliphatic rings. The predicted molar refractivity (Wildman–Crippen MR) is 59.8 cm³/mol. The molecule has 0 spiro atoms. The van der Waals surface area contributed by atoms with Crippen molar-refractivity contribution in [2.75, 3.05) is 18.1 Å². The minimum absolute atomic E-state index is 0.0400. The van der Waals surface area contributed by atoms with E-state index < -0.39 is 6.08 Å². The zero-order chi connectivity index (χ0) is 11.8. The summed E-state index contributed by atoms with van der Waals surface area (Å²) in [6.45, 7) is 4.25. The first kappa shape index (κ1) is 13.3. The third-order valence-electron chi connectivity index (χ3n) is 1.33. The van der Waals surface area contributed by atoms with Crippen LogP contribution in [0.5, 0.6) is 0 Å². The van der Waals surface area contributed by atoms with Crippen LogP contribution in [0.15, 0.2) is 0 Å². The van der Waals surface area contributed by atoms with E-state index in [1.165, 1.54) is 6.42 Å². The van der Waals surface area contributed by atoms with Gasteiger partial charge in [0.2, 0.25) is 0 Å². The average molecular weight is 213 g/mol. The van der Waals surface area contributed by atoms with E-state index in [1.807, 2.05) is 0 Å². The van der Waals surface area contributed by atoms with E-state index in [2.05, 4.69) is 29.1 Å². The first-order chi connectivity index (χ1) is 7.10. The van der Waals surface area contributed by atoms with Crippen LogP contribution < -0.4 is 11.1 Å². The van der Waals surface area contributed by atoms with Crippen molar-refractivity contribution >= 4 is 17.9 Å². The Morgan fingerprint density at radius 1 is 1.47 bits per heavy atom. The van der Waals surface area contributed by atoms with Gasteiger partial charge in [0.05, 0.1) is 5.56 Å². The molecule has 5 nitrogen and oxygen atoms in total. The van der Waals surface area contributed by atoms with E-state index in [0.29, 0.717) is 5.56 Å². The van der Waals surface area contributed by atoms with Gasteiger partial charge in [-0.15, -0.1) is 0 Å². The van der Waals surface area contributed by atoms with Crippen molar-refractivity contribution in [1.82, 2.24) is 9.97 Å². The third kappa shape index (κ3) is 3.88. The normalized spacial score (nSPS) is 8.80. The molecule has 0 amide bonds. The number of nitrogens with two attached hydrogens (primary N) is 1. The summed E-state index contributed by atoms with van der Waals surface area (Å²) in [7, 11) is 1.56. The van der Waals surface area contributed by atoms with Gasteiger partial charge in [0, 0.05) is 13.3 Å². The van der Waals surface area contributed by atoms with Crippen LogP contribution in [0, 0.1) is 11.5 Å². The highest BCUT2D eigenvalue weighted by Gasteiger charge is 2.07. The van der Waals surface area contributed by atoms with Crippen molar-refractivity contribution in [2.45, 2.75) is 20.3 Å². The van der Waals surface area contributed by atoms with Crippen molar-refractivity contribution in [1.29, 1.82) is 5.41 Å². The Kier molecular flexibility index (Phi) is 5.92. The molecule has 84 valence electrons. The zero-order valence-electron chi connectivity index (χ0n) is 9.13. The lowest BCUT2D eigenvalue weighted by atomic mass is 10.3. The second-order valence-corrected chi connectivity index (χ2v) is 2.74. The monoisotopic (exact) mass is 213 g/mol. The Bertz CT molecular complexity index is 327. The second kappa shape index (κ2) is 6.69. The Hall–Kier alpha value is -1.72. The van der Waals surface area contributed by atoms with E-state index in [9.17, 15) is 4.39 Å². The molecule has 1 heterocycles. The van der Waals surface area contributed by atoms with E-state index >= 15 is 0 Å². The fourth-order valence-corrected chi connectivity index (χ4v) is 0.791. The molecule has 0 fully saturated rings. The fourth-order valence-electron chi connectivity index (χ4n) is 0.791. The summed E-state index contributed by atoms with van der Waals surface area (Å²) in [5.41, 5.74) is 5.62. The van der Waals surface area contributed by atoms with E-state index in [-0.39, 0.29) is 11.6 Å². The zero-order valence-corrected chi connectivity index (χ0v) is 9.13. The number of hydrogen-bond acceptors (Lipinski definition) is 5. The van der Waals surface area contributed by atoms with Gasteiger partial charge >= 0.3 is 6.08 Å². The van der Waals surface area contributed by atoms with Crippen molar-refractivity contribution in [3.05, 3.63) is 11.6 Å². The van der Waals surface area contributed by atoms with Crippen LogP contribution in [-0.2, 0) is 0 Å². The van der Waals surface area contributed by atoms with Gasteiger partial charge in [0.25, 0.3) is 0 Å². The van der Waals surface area contributed by atoms with Gasteiger partial charge in [-0.1, -0.05) is 20.3 Å². The summed E-state index contributed by atoms with van der Waals surface area (Å²) < 4.78 is 12.5. The molecule has 1 aromatic heterocycles. The second-order valence-electron chi connectivity index (χ2n) is 2.74. The molecule has 0 saturated carbocycles. The molecule has 0 aliphatic carbocycles. The van der Waals surface area contributed by atoms with Gasteiger partial charge in [-0.3, -0.25) is 0 Å². The van der Waals surface area contributed by atoms with Crippen molar-refractivity contribution in [3.8, 4) is 0 Å². The van der Waals surface area contributed by atoms with Gasteiger partial charge in [0.15, 0.2) is 0 Å². The van der Waals surface area contributed by atoms with Crippen LogP contribution >= 0.6 is 0 Å². The number of nitrogens with one attached hydrogen (secondary N) is 2. The summed E-state index contributed by atoms with van der Waals surface area (Å²) in [4.78, 5) is 6.66. The molecule has 0 bridgehead atoms. The molecular weight excluding hydrogens is 197 g/mol. The smallest absolute Gasteiger partial charge is 0.312 e. The molecule has 0 aromatic carbocycles. The molecule has 0 atom stereocenters. The van der Waals surface area contributed by atoms with Gasteiger partial charge < -0.3 is 16.5 Å². The Morgan fingerprint density at radius 3 is 2.40 bits per heavy atom. The maximum absolute atomic E-state index is 12.5. The van der Waals surface area contributed by atoms with Gasteiger partial charge in [-0.05, 0) is 0 Å². The number of anilines is 2. The highest BCUT2D eigenvalue weighted by molar-refractivity contribution is 5.89. The third-order valence-corrected chi connectivity index (χ3v) is 1.33. The predicted octanol–water partition coefficient (Wildman–Crippen LogP) is 1.65. The van der Waals surface area contributed by atoms with E-state index in [4.69, 9.17) is 11.1 Å². The Balaban J connectivity index is 0.000000583. The molecule has 1 rings (SSSR count). The molecule has 0 aliphatic heterocycles.